The Morgan fingerprint density at radius 2 is 1.93 bits per heavy atom. The molecule has 8 heteroatoms. The summed E-state index contributed by atoms with van der Waals surface area (Å²) in [7, 11) is 1.31. The topological polar surface area (TPSA) is 68.3 Å². The number of nitrogens with one attached hydrogen (secondary N) is 1. The Morgan fingerprint density at radius 1 is 1.19 bits per heavy atom. The number of para-hydroxylation sites is 1. The number of nitrogens with zero attached hydrogens (tertiary/aromatic N) is 1. The number of rotatable bonds is 6. The van der Waals surface area contributed by atoms with E-state index in [1.54, 1.807) is 24.3 Å². The van der Waals surface area contributed by atoms with E-state index in [0.717, 1.165) is 20.1 Å². The van der Waals surface area contributed by atoms with Crippen LogP contribution >= 0.6 is 39.0 Å². The predicted octanol–water partition coefficient (Wildman–Crippen LogP) is 5.09. The van der Waals surface area contributed by atoms with Gasteiger partial charge in [0.15, 0.2) is 4.34 Å². The number of ether oxygens (including phenoxy) is 1. The normalized spacial score (nSPS) is 10.4. The summed E-state index contributed by atoms with van der Waals surface area (Å²) >= 11 is 6.27. The lowest BCUT2D eigenvalue weighted by Crippen LogP contribution is -2.17. The molecule has 5 nitrogen and oxygen atoms in total. The SMILES string of the molecule is COC(=O)c1ccccc1NC(=O)CSc1nc(-c2ccc(Br)cc2)cs1. The maximum absolute atomic E-state index is 12.3. The van der Waals surface area contributed by atoms with Crippen LogP contribution in [0.4, 0.5) is 5.69 Å². The third kappa shape index (κ3) is 5.18. The molecular weight excluding hydrogens is 448 g/mol. The van der Waals surface area contributed by atoms with Crippen molar-refractivity contribution in [2.45, 2.75) is 4.34 Å². The standard InChI is InChI=1S/C19H15BrN2O3S2/c1-25-18(24)14-4-2-3-5-15(14)21-17(23)11-27-19-22-16(10-26-19)12-6-8-13(20)9-7-12/h2-10H,11H2,1H3,(H,21,23). The minimum atomic E-state index is -0.488. The maximum Gasteiger partial charge on any atom is 0.339 e. The zero-order valence-electron chi connectivity index (χ0n) is 14.3. The second kappa shape index (κ2) is 9.16. The number of aromatic nitrogens is 1. The maximum atomic E-state index is 12.3. The van der Waals surface area contributed by atoms with Crippen LogP contribution in [0.25, 0.3) is 11.3 Å². The number of benzene rings is 2. The molecule has 0 bridgehead atoms. The first-order chi connectivity index (χ1) is 13.1. The number of amides is 1. The van der Waals surface area contributed by atoms with Gasteiger partial charge in [0.05, 0.1) is 29.8 Å². The van der Waals surface area contributed by atoms with E-state index in [-0.39, 0.29) is 11.7 Å². The van der Waals surface area contributed by atoms with Crippen LogP contribution in [0.1, 0.15) is 10.4 Å². The minimum Gasteiger partial charge on any atom is -0.465 e. The molecule has 0 saturated heterocycles. The smallest absolute Gasteiger partial charge is 0.339 e. The van der Waals surface area contributed by atoms with Crippen LogP contribution in [0.3, 0.4) is 0 Å². The fourth-order valence-electron chi connectivity index (χ4n) is 2.27. The van der Waals surface area contributed by atoms with E-state index < -0.39 is 5.97 Å². The van der Waals surface area contributed by atoms with Crippen LogP contribution in [0, 0.1) is 0 Å². The van der Waals surface area contributed by atoms with Crippen molar-refractivity contribution in [3.63, 3.8) is 0 Å². The Kier molecular flexibility index (Phi) is 6.65. The average Bonchev–Trinajstić information content (AvgIpc) is 3.16. The first-order valence-corrected chi connectivity index (χ1v) is 10.5. The van der Waals surface area contributed by atoms with Crippen molar-refractivity contribution in [2.75, 3.05) is 18.2 Å². The molecule has 0 saturated carbocycles. The summed E-state index contributed by atoms with van der Waals surface area (Å²) in [5.41, 5.74) is 2.67. The molecule has 0 aliphatic heterocycles. The Bertz CT molecular complexity index is 958. The molecule has 138 valence electrons. The number of anilines is 1. The van der Waals surface area contributed by atoms with Gasteiger partial charge in [0.2, 0.25) is 5.91 Å². The van der Waals surface area contributed by atoms with Gasteiger partial charge in [-0.1, -0.05) is 52.0 Å². The third-order valence-electron chi connectivity index (χ3n) is 3.56. The molecule has 1 heterocycles. The van der Waals surface area contributed by atoms with Gasteiger partial charge in [0.1, 0.15) is 0 Å². The molecule has 0 atom stereocenters. The molecule has 3 aromatic rings. The fraction of sp³-hybridized carbons (Fsp3) is 0.105. The molecule has 27 heavy (non-hydrogen) atoms. The first kappa shape index (κ1) is 19.6. The number of esters is 1. The van der Waals surface area contributed by atoms with E-state index >= 15 is 0 Å². The highest BCUT2D eigenvalue weighted by atomic mass is 79.9. The molecule has 0 unspecified atom stereocenters. The van der Waals surface area contributed by atoms with Gasteiger partial charge in [-0.2, -0.15) is 0 Å². The quantitative estimate of drug-likeness (QED) is 0.408. The predicted molar refractivity (Wildman–Crippen MR) is 112 cm³/mol. The average molecular weight is 463 g/mol. The lowest BCUT2D eigenvalue weighted by atomic mass is 10.2. The number of hydrogen-bond acceptors (Lipinski definition) is 6. The zero-order chi connectivity index (χ0) is 19.2. The van der Waals surface area contributed by atoms with Crippen molar-refractivity contribution in [3.05, 3.63) is 63.9 Å². The number of halogens is 1. The summed E-state index contributed by atoms with van der Waals surface area (Å²) in [5, 5.41) is 4.72. The van der Waals surface area contributed by atoms with E-state index in [1.165, 1.54) is 30.2 Å². The van der Waals surface area contributed by atoms with Crippen LogP contribution in [0.15, 0.2) is 62.7 Å². The summed E-state index contributed by atoms with van der Waals surface area (Å²) in [6.45, 7) is 0. The Balaban J connectivity index is 1.60. The van der Waals surface area contributed by atoms with Gasteiger partial charge in [-0.15, -0.1) is 11.3 Å². The number of carbonyl (C=O) groups is 2. The van der Waals surface area contributed by atoms with Crippen LogP contribution in [-0.4, -0.2) is 29.7 Å². The lowest BCUT2D eigenvalue weighted by molar-refractivity contribution is -0.113. The first-order valence-electron chi connectivity index (χ1n) is 7.88. The van der Waals surface area contributed by atoms with Gasteiger partial charge < -0.3 is 10.1 Å². The molecule has 0 spiro atoms. The van der Waals surface area contributed by atoms with E-state index in [0.29, 0.717) is 11.3 Å². The molecule has 1 N–H and O–H groups in total. The molecular formula is C19H15BrN2O3S2. The highest BCUT2D eigenvalue weighted by Gasteiger charge is 2.14. The highest BCUT2D eigenvalue weighted by molar-refractivity contribution is 9.10. The highest BCUT2D eigenvalue weighted by Crippen LogP contribution is 2.29. The van der Waals surface area contributed by atoms with E-state index in [2.05, 4.69) is 26.2 Å². The fourth-order valence-corrected chi connectivity index (χ4v) is 4.17. The van der Waals surface area contributed by atoms with Crippen molar-refractivity contribution < 1.29 is 14.3 Å². The second-order valence-electron chi connectivity index (χ2n) is 5.38. The minimum absolute atomic E-state index is 0.197. The molecule has 2 aromatic carbocycles. The van der Waals surface area contributed by atoms with Gasteiger partial charge in [-0.3, -0.25) is 4.79 Å². The van der Waals surface area contributed by atoms with Crippen LogP contribution in [0.2, 0.25) is 0 Å². The number of hydrogen-bond donors (Lipinski definition) is 1. The number of methoxy groups -OCH3 is 1. The Morgan fingerprint density at radius 3 is 2.67 bits per heavy atom. The zero-order valence-corrected chi connectivity index (χ0v) is 17.5. The monoisotopic (exact) mass is 462 g/mol. The largest absolute Gasteiger partial charge is 0.465 e. The molecule has 1 amide bonds. The van der Waals surface area contributed by atoms with Crippen molar-refractivity contribution in [1.29, 1.82) is 0 Å². The van der Waals surface area contributed by atoms with Gasteiger partial charge in [0.25, 0.3) is 0 Å². The Hall–Kier alpha value is -2.16. The van der Waals surface area contributed by atoms with E-state index in [1.807, 2.05) is 29.6 Å². The van der Waals surface area contributed by atoms with Crippen molar-refractivity contribution in [2.24, 2.45) is 0 Å². The number of thioether (sulfide) groups is 1. The van der Waals surface area contributed by atoms with Crippen LogP contribution < -0.4 is 5.32 Å². The van der Waals surface area contributed by atoms with Gasteiger partial charge in [0, 0.05) is 15.4 Å². The summed E-state index contributed by atoms with van der Waals surface area (Å²) < 4.78 is 6.56. The molecule has 0 fully saturated rings. The lowest BCUT2D eigenvalue weighted by Gasteiger charge is -2.08. The summed E-state index contributed by atoms with van der Waals surface area (Å²) in [6, 6.07) is 14.7. The third-order valence-corrected chi connectivity index (χ3v) is 6.11. The summed E-state index contributed by atoms with van der Waals surface area (Å²) in [5.74, 6) is -0.502. The number of thiazole rings is 1. The molecule has 3 rings (SSSR count). The molecule has 1 aromatic heterocycles. The van der Waals surface area contributed by atoms with Gasteiger partial charge >= 0.3 is 5.97 Å². The second-order valence-corrected chi connectivity index (χ2v) is 8.38. The molecule has 0 aliphatic rings. The van der Waals surface area contributed by atoms with E-state index in [4.69, 9.17) is 4.74 Å². The summed E-state index contributed by atoms with van der Waals surface area (Å²) in [4.78, 5) is 28.6. The van der Waals surface area contributed by atoms with Crippen molar-refractivity contribution in [3.8, 4) is 11.3 Å². The molecule has 0 radical (unpaired) electrons. The number of carbonyl (C=O) groups excluding carboxylic acids is 2. The summed E-state index contributed by atoms with van der Waals surface area (Å²) in [6.07, 6.45) is 0. The Labute approximate surface area is 173 Å². The van der Waals surface area contributed by atoms with Crippen molar-refractivity contribution >= 4 is 56.6 Å². The van der Waals surface area contributed by atoms with Crippen LogP contribution in [-0.2, 0) is 9.53 Å². The van der Waals surface area contributed by atoms with Gasteiger partial charge in [-0.25, -0.2) is 9.78 Å². The molecule has 0 aliphatic carbocycles. The van der Waals surface area contributed by atoms with E-state index in [9.17, 15) is 9.59 Å². The van der Waals surface area contributed by atoms with Gasteiger partial charge in [-0.05, 0) is 24.3 Å². The van der Waals surface area contributed by atoms with Crippen LogP contribution in [0.5, 0.6) is 0 Å². The van der Waals surface area contributed by atoms with Crippen molar-refractivity contribution in [1.82, 2.24) is 4.98 Å².